The van der Waals surface area contributed by atoms with Crippen LogP contribution in [0, 0.1) is 32.4 Å². The van der Waals surface area contributed by atoms with E-state index in [4.69, 9.17) is 0 Å². The van der Waals surface area contributed by atoms with Gasteiger partial charge in [-0.25, -0.2) is 8.78 Å². The van der Waals surface area contributed by atoms with E-state index in [2.05, 4.69) is 15.9 Å². The van der Waals surface area contributed by atoms with Gasteiger partial charge in [-0.15, -0.1) is 11.3 Å². The van der Waals surface area contributed by atoms with Gasteiger partial charge in [-0.2, -0.15) is 0 Å². The Balaban J connectivity index is 2.49. The van der Waals surface area contributed by atoms with Crippen LogP contribution in [0.4, 0.5) is 8.78 Å². The summed E-state index contributed by atoms with van der Waals surface area (Å²) in [5.41, 5.74) is 1.98. The molecule has 0 bridgehead atoms. The first-order valence-electron chi connectivity index (χ1n) is 5.56. The first-order chi connectivity index (χ1) is 8.40. The van der Waals surface area contributed by atoms with Crippen molar-refractivity contribution in [2.45, 2.75) is 25.6 Å². The zero-order valence-electron chi connectivity index (χ0n) is 10.4. The fourth-order valence-corrected chi connectivity index (χ4v) is 3.88. The fraction of sp³-hybridized carbons (Fsp3) is 0.286. The van der Waals surface area contributed by atoms with Crippen LogP contribution >= 0.6 is 27.3 Å². The Labute approximate surface area is 118 Å². The largest absolute Gasteiger partial charge is 0.207 e. The maximum absolute atomic E-state index is 13.8. The highest BCUT2D eigenvalue weighted by molar-refractivity contribution is 9.09. The maximum Gasteiger partial charge on any atom is 0.130 e. The van der Waals surface area contributed by atoms with Crippen LogP contribution in [0.25, 0.3) is 0 Å². The van der Waals surface area contributed by atoms with E-state index < -0.39 is 11.6 Å². The van der Waals surface area contributed by atoms with Gasteiger partial charge in [0, 0.05) is 21.4 Å². The van der Waals surface area contributed by atoms with Gasteiger partial charge in [0.1, 0.15) is 11.6 Å². The number of alkyl halides is 1. The Hall–Kier alpha value is -0.740. The SMILES string of the molecule is Cc1cc(C(Br)c2cc(C)c(F)cc2F)c(C)s1. The molecule has 1 atom stereocenters. The molecule has 0 radical (unpaired) electrons. The van der Waals surface area contributed by atoms with Gasteiger partial charge >= 0.3 is 0 Å². The van der Waals surface area contributed by atoms with Gasteiger partial charge in [0.2, 0.25) is 0 Å². The summed E-state index contributed by atoms with van der Waals surface area (Å²) in [5, 5.41) is 0. The molecule has 4 heteroatoms. The second-order valence-electron chi connectivity index (χ2n) is 4.35. The zero-order chi connectivity index (χ0) is 13.4. The van der Waals surface area contributed by atoms with Crippen LogP contribution in [0.5, 0.6) is 0 Å². The van der Waals surface area contributed by atoms with E-state index in [1.807, 2.05) is 19.9 Å². The van der Waals surface area contributed by atoms with Gasteiger partial charge in [0.25, 0.3) is 0 Å². The molecule has 1 unspecified atom stereocenters. The molecule has 1 aromatic carbocycles. The molecule has 0 aliphatic rings. The molecule has 1 aromatic heterocycles. The molecular weight excluding hydrogens is 318 g/mol. The summed E-state index contributed by atoms with van der Waals surface area (Å²) < 4.78 is 27.1. The van der Waals surface area contributed by atoms with E-state index in [-0.39, 0.29) is 4.83 Å². The summed E-state index contributed by atoms with van der Waals surface area (Å²) in [4.78, 5) is 2.10. The molecule has 0 fully saturated rings. The van der Waals surface area contributed by atoms with Crippen molar-refractivity contribution >= 4 is 27.3 Å². The van der Waals surface area contributed by atoms with Gasteiger partial charge in [-0.3, -0.25) is 0 Å². The van der Waals surface area contributed by atoms with Crippen molar-refractivity contribution in [2.24, 2.45) is 0 Å². The highest BCUT2D eigenvalue weighted by Gasteiger charge is 2.19. The second-order valence-corrected chi connectivity index (χ2v) is 6.73. The Morgan fingerprint density at radius 2 is 1.67 bits per heavy atom. The van der Waals surface area contributed by atoms with Crippen molar-refractivity contribution in [1.82, 2.24) is 0 Å². The topological polar surface area (TPSA) is 0 Å². The minimum Gasteiger partial charge on any atom is -0.207 e. The van der Waals surface area contributed by atoms with Crippen molar-refractivity contribution in [2.75, 3.05) is 0 Å². The van der Waals surface area contributed by atoms with Crippen LogP contribution in [0.2, 0.25) is 0 Å². The Bertz CT molecular complexity index is 590. The lowest BCUT2D eigenvalue weighted by molar-refractivity contribution is 0.569. The summed E-state index contributed by atoms with van der Waals surface area (Å²) in [7, 11) is 0. The minimum atomic E-state index is -0.511. The standard InChI is InChI=1S/C14H13BrF2S/c1-7-4-11(13(17)6-12(7)16)14(15)10-5-8(2)18-9(10)3/h4-6,14H,1-3H3. The summed E-state index contributed by atoms with van der Waals surface area (Å²) >= 11 is 5.19. The quantitative estimate of drug-likeness (QED) is 0.643. The van der Waals surface area contributed by atoms with E-state index in [9.17, 15) is 8.78 Å². The molecule has 1 heterocycles. The Kier molecular flexibility index (Phi) is 3.87. The summed E-state index contributed by atoms with van der Waals surface area (Å²) in [5.74, 6) is -1.02. The molecule has 0 spiro atoms. The molecule has 96 valence electrons. The lowest BCUT2D eigenvalue weighted by atomic mass is 10.0. The second kappa shape index (κ2) is 5.10. The third kappa shape index (κ3) is 2.50. The van der Waals surface area contributed by atoms with Crippen LogP contribution in [0.1, 0.15) is 31.3 Å². The van der Waals surface area contributed by atoms with Crippen LogP contribution in [-0.2, 0) is 0 Å². The van der Waals surface area contributed by atoms with E-state index in [0.717, 1.165) is 16.5 Å². The van der Waals surface area contributed by atoms with Crippen LogP contribution < -0.4 is 0 Å². The minimum absolute atomic E-state index is 0.234. The smallest absolute Gasteiger partial charge is 0.130 e. The average Bonchev–Trinajstić information content (AvgIpc) is 2.62. The highest BCUT2D eigenvalue weighted by Crippen LogP contribution is 2.38. The van der Waals surface area contributed by atoms with Gasteiger partial charge in [0.15, 0.2) is 0 Å². The predicted octanol–water partition coefficient (Wildman–Crippen LogP) is 5.44. The number of benzene rings is 1. The summed E-state index contributed by atoms with van der Waals surface area (Å²) in [6.45, 7) is 5.67. The van der Waals surface area contributed by atoms with E-state index in [1.54, 1.807) is 24.3 Å². The maximum atomic E-state index is 13.8. The van der Waals surface area contributed by atoms with Crippen molar-refractivity contribution < 1.29 is 8.78 Å². The number of thiophene rings is 1. The normalized spacial score (nSPS) is 12.8. The molecule has 2 aromatic rings. The molecule has 0 saturated carbocycles. The molecule has 0 aliphatic heterocycles. The monoisotopic (exact) mass is 330 g/mol. The molecular formula is C14H13BrF2S. The molecule has 18 heavy (non-hydrogen) atoms. The number of aryl methyl sites for hydroxylation is 3. The van der Waals surface area contributed by atoms with E-state index in [1.165, 1.54) is 4.88 Å². The van der Waals surface area contributed by atoms with Crippen LogP contribution in [0.15, 0.2) is 18.2 Å². The zero-order valence-corrected chi connectivity index (χ0v) is 12.8. The van der Waals surface area contributed by atoms with E-state index >= 15 is 0 Å². The number of hydrogen-bond donors (Lipinski definition) is 0. The van der Waals surface area contributed by atoms with Crippen molar-refractivity contribution in [1.29, 1.82) is 0 Å². The molecule has 0 amide bonds. The lowest BCUT2D eigenvalue weighted by Gasteiger charge is -2.12. The van der Waals surface area contributed by atoms with Gasteiger partial charge in [-0.05, 0) is 44.0 Å². The molecule has 2 rings (SSSR count). The van der Waals surface area contributed by atoms with Crippen molar-refractivity contribution in [3.8, 4) is 0 Å². The lowest BCUT2D eigenvalue weighted by Crippen LogP contribution is -1.99. The first-order valence-corrected chi connectivity index (χ1v) is 7.30. The number of rotatable bonds is 2. The first kappa shape index (κ1) is 13.7. The van der Waals surface area contributed by atoms with Gasteiger partial charge in [0.05, 0.1) is 4.83 Å². The van der Waals surface area contributed by atoms with Crippen molar-refractivity contribution in [3.05, 3.63) is 56.3 Å². The third-order valence-electron chi connectivity index (χ3n) is 2.90. The number of hydrogen-bond acceptors (Lipinski definition) is 1. The molecule has 0 N–H and O–H groups in total. The van der Waals surface area contributed by atoms with Gasteiger partial charge in [-0.1, -0.05) is 15.9 Å². The summed E-state index contributed by atoms with van der Waals surface area (Å²) in [6, 6.07) is 4.56. The predicted molar refractivity (Wildman–Crippen MR) is 75.7 cm³/mol. The van der Waals surface area contributed by atoms with Crippen LogP contribution in [0.3, 0.4) is 0 Å². The third-order valence-corrected chi connectivity index (χ3v) is 4.87. The van der Waals surface area contributed by atoms with E-state index in [0.29, 0.717) is 11.1 Å². The average molecular weight is 331 g/mol. The van der Waals surface area contributed by atoms with Crippen LogP contribution in [-0.4, -0.2) is 0 Å². The summed E-state index contributed by atoms with van der Waals surface area (Å²) in [6.07, 6.45) is 0. The fourth-order valence-electron chi connectivity index (χ4n) is 1.94. The molecule has 0 saturated heterocycles. The highest BCUT2D eigenvalue weighted by atomic mass is 79.9. The number of halogens is 3. The molecule has 0 nitrogen and oxygen atoms in total. The Morgan fingerprint density at radius 1 is 1.00 bits per heavy atom. The molecule has 0 aliphatic carbocycles. The van der Waals surface area contributed by atoms with Gasteiger partial charge < -0.3 is 0 Å². The Morgan fingerprint density at radius 3 is 2.22 bits per heavy atom. The van der Waals surface area contributed by atoms with Crippen molar-refractivity contribution in [3.63, 3.8) is 0 Å².